The van der Waals surface area contributed by atoms with Crippen molar-refractivity contribution >= 4 is 11.9 Å². The molecule has 0 aliphatic heterocycles. The molecule has 1 rings (SSSR count). The maximum atomic E-state index is 12.9. The van der Waals surface area contributed by atoms with Gasteiger partial charge in [0.15, 0.2) is 0 Å². The third-order valence-corrected chi connectivity index (χ3v) is 3.81. The summed E-state index contributed by atoms with van der Waals surface area (Å²) in [4.78, 5) is 24.7. The predicted octanol–water partition coefficient (Wildman–Crippen LogP) is 3.72. The fourth-order valence-corrected chi connectivity index (χ4v) is 2.33. The first kappa shape index (κ1) is 20.7. The fraction of sp³-hybridized carbons (Fsp3) is 0.444. The second-order valence-corrected chi connectivity index (χ2v) is 5.67. The Bertz CT molecular complexity index is 587. The molecular weight excluding hydrogens is 335 g/mol. The molecule has 0 fully saturated rings. The van der Waals surface area contributed by atoms with E-state index in [0.29, 0.717) is 16.9 Å². The van der Waals surface area contributed by atoms with Crippen molar-refractivity contribution < 1.29 is 27.5 Å². The number of carbonyl (C=O) groups excluding carboxylic acids is 2. The Hall–Kier alpha value is -2.31. The molecule has 2 atom stereocenters. The Kier molecular flexibility index (Phi) is 7.67. The lowest BCUT2D eigenvalue weighted by molar-refractivity contribution is -0.191. The molecule has 1 aromatic rings. The van der Waals surface area contributed by atoms with Gasteiger partial charge in [-0.1, -0.05) is 56.7 Å². The first-order valence-corrected chi connectivity index (χ1v) is 7.91. The number of halogens is 3. The maximum absolute atomic E-state index is 12.9. The van der Waals surface area contributed by atoms with Gasteiger partial charge in [-0.05, 0) is 11.5 Å². The molecular formula is C18H22F3NO3. The lowest BCUT2D eigenvalue weighted by Gasteiger charge is -2.33. The van der Waals surface area contributed by atoms with E-state index in [1.807, 2.05) is 0 Å². The minimum atomic E-state index is -5.07. The van der Waals surface area contributed by atoms with Crippen molar-refractivity contribution in [2.45, 2.75) is 39.1 Å². The molecule has 0 aliphatic carbocycles. The quantitative estimate of drug-likeness (QED) is 0.526. The summed E-state index contributed by atoms with van der Waals surface area (Å²) in [6.07, 6.45) is -3.51. The highest BCUT2D eigenvalue weighted by Gasteiger charge is 2.47. The number of alkyl halides is 3. The molecule has 0 saturated heterocycles. The summed E-state index contributed by atoms with van der Waals surface area (Å²) in [6.45, 7) is 6.24. The first-order chi connectivity index (χ1) is 11.7. The number of nitrogens with zero attached hydrogens (tertiary/aromatic N) is 1. The number of hydrogen-bond donors (Lipinski definition) is 0. The van der Waals surface area contributed by atoms with Crippen molar-refractivity contribution in [1.29, 1.82) is 0 Å². The van der Waals surface area contributed by atoms with E-state index in [-0.39, 0.29) is 6.61 Å². The van der Waals surface area contributed by atoms with Crippen LogP contribution in [-0.4, -0.2) is 35.5 Å². The predicted molar refractivity (Wildman–Crippen MR) is 87.4 cm³/mol. The second-order valence-electron chi connectivity index (χ2n) is 5.67. The Balaban J connectivity index is 3.01. The van der Waals surface area contributed by atoms with Crippen LogP contribution in [0.15, 0.2) is 43.0 Å². The molecule has 1 amide bonds. The Morgan fingerprint density at radius 2 is 1.88 bits per heavy atom. The molecule has 4 nitrogen and oxygen atoms in total. The van der Waals surface area contributed by atoms with Gasteiger partial charge >= 0.3 is 18.1 Å². The molecule has 0 bridgehead atoms. The summed E-state index contributed by atoms with van der Waals surface area (Å²) in [5.74, 6) is -3.44. The summed E-state index contributed by atoms with van der Waals surface area (Å²) >= 11 is 0. The second kappa shape index (κ2) is 9.25. The van der Waals surface area contributed by atoms with Crippen LogP contribution in [-0.2, 0) is 20.9 Å². The van der Waals surface area contributed by atoms with Crippen molar-refractivity contribution in [2.24, 2.45) is 5.92 Å². The lowest BCUT2D eigenvalue weighted by atomic mass is 9.97. The first-order valence-electron chi connectivity index (χ1n) is 7.91. The van der Waals surface area contributed by atoms with E-state index in [9.17, 15) is 22.8 Å². The molecule has 0 heterocycles. The monoisotopic (exact) mass is 357 g/mol. The Morgan fingerprint density at radius 3 is 2.36 bits per heavy atom. The van der Waals surface area contributed by atoms with Crippen LogP contribution in [0.25, 0.3) is 0 Å². The van der Waals surface area contributed by atoms with E-state index < -0.39 is 36.6 Å². The van der Waals surface area contributed by atoms with E-state index in [1.165, 1.54) is 0 Å². The van der Waals surface area contributed by atoms with Crippen LogP contribution < -0.4 is 0 Å². The number of hydrogen-bond acceptors (Lipinski definition) is 3. The lowest BCUT2D eigenvalue weighted by Crippen LogP contribution is -2.53. The number of esters is 1. The van der Waals surface area contributed by atoms with Gasteiger partial charge in [0.1, 0.15) is 12.6 Å². The number of benzene rings is 1. The molecule has 1 aromatic carbocycles. The molecule has 0 N–H and O–H groups in total. The summed E-state index contributed by atoms with van der Waals surface area (Å²) in [5, 5.41) is 0. The zero-order chi connectivity index (χ0) is 19.0. The smallest absolute Gasteiger partial charge is 0.459 e. The number of rotatable bonds is 8. The Morgan fingerprint density at radius 1 is 1.28 bits per heavy atom. The van der Waals surface area contributed by atoms with Crippen LogP contribution in [0.3, 0.4) is 0 Å². The van der Waals surface area contributed by atoms with Crippen molar-refractivity contribution in [3.05, 3.63) is 48.6 Å². The minimum absolute atomic E-state index is 0.0747. The van der Waals surface area contributed by atoms with Crippen molar-refractivity contribution in [1.82, 2.24) is 4.90 Å². The van der Waals surface area contributed by atoms with Gasteiger partial charge in [-0.25, -0.2) is 4.79 Å². The molecule has 1 unspecified atom stereocenters. The Labute approximate surface area is 145 Å². The van der Waals surface area contributed by atoms with E-state index in [1.54, 1.807) is 44.2 Å². The number of ether oxygens (including phenoxy) is 1. The zero-order valence-corrected chi connectivity index (χ0v) is 14.3. The van der Waals surface area contributed by atoms with Gasteiger partial charge < -0.3 is 9.64 Å². The largest absolute Gasteiger partial charge is 0.471 e. The summed E-state index contributed by atoms with van der Waals surface area (Å²) < 4.78 is 43.8. The molecule has 7 heteroatoms. The third-order valence-electron chi connectivity index (χ3n) is 3.81. The van der Waals surface area contributed by atoms with E-state index in [4.69, 9.17) is 4.74 Å². The molecule has 25 heavy (non-hydrogen) atoms. The van der Waals surface area contributed by atoms with E-state index in [2.05, 4.69) is 6.58 Å². The number of amides is 1. The topological polar surface area (TPSA) is 46.6 Å². The van der Waals surface area contributed by atoms with Gasteiger partial charge in [-0.2, -0.15) is 13.2 Å². The van der Waals surface area contributed by atoms with E-state index in [0.717, 1.165) is 6.08 Å². The van der Waals surface area contributed by atoms with Crippen LogP contribution in [0.1, 0.15) is 25.8 Å². The van der Waals surface area contributed by atoms with Crippen LogP contribution in [0.5, 0.6) is 0 Å². The molecule has 0 spiro atoms. The summed E-state index contributed by atoms with van der Waals surface area (Å²) in [5.41, 5.74) is 0.705. The standard InChI is InChI=1S/C18H22F3NO3/c1-4-11-22(17(24)18(19,20)21)15(13(3)5-2)16(23)25-12-14-9-7-6-8-10-14/h4,6-10,13,15H,1,5,11-12H2,2-3H3/t13?,15-/m0/s1. The third kappa shape index (κ3) is 5.92. The normalized spacial score (nSPS) is 13.6. The van der Waals surface area contributed by atoms with Gasteiger partial charge in [0.2, 0.25) is 0 Å². The maximum Gasteiger partial charge on any atom is 0.471 e. The van der Waals surface area contributed by atoms with Crippen LogP contribution in [0, 0.1) is 5.92 Å². The molecule has 0 radical (unpaired) electrons. The fourth-order valence-electron chi connectivity index (χ4n) is 2.33. The van der Waals surface area contributed by atoms with Crippen molar-refractivity contribution in [3.63, 3.8) is 0 Å². The average molecular weight is 357 g/mol. The van der Waals surface area contributed by atoms with Gasteiger partial charge in [-0.3, -0.25) is 4.79 Å². The molecule has 0 aliphatic rings. The van der Waals surface area contributed by atoms with Gasteiger partial charge in [0.25, 0.3) is 0 Å². The van der Waals surface area contributed by atoms with Crippen molar-refractivity contribution in [3.8, 4) is 0 Å². The van der Waals surface area contributed by atoms with Crippen LogP contribution in [0.2, 0.25) is 0 Å². The highest BCUT2D eigenvalue weighted by Crippen LogP contribution is 2.24. The summed E-state index contributed by atoms with van der Waals surface area (Å²) in [6, 6.07) is 7.43. The van der Waals surface area contributed by atoms with Crippen LogP contribution in [0.4, 0.5) is 13.2 Å². The van der Waals surface area contributed by atoms with Crippen molar-refractivity contribution in [2.75, 3.05) is 6.54 Å². The summed E-state index contributed by atoms with van der Waals surface area (Å²) in [7, 11) is 0. The van der Waals surface area contributed by atoms with Gasteiger partial charge in [-0.15, -0.1) is 6.58 Å². The number of carbonyl (C=O) groups is 2. The van der Waals surface area contributed by atoms with E-state index >= 15 is 0 Å². The molecule has 138 valence electrons. The minimum Gasteiger partial charge on any atom is -0.459 e. The highest BCUT2D eigenvalue weighted by atomic mass is 19.4. The zero-order valence-electron chi connectivity index (χ0n) is 14.3. The molecule has 0 aromatic heterocycles. The van der Waals surface area contributed by atoms with Crippen LogP contribution >= 0.6 is 0 Å². The van der Waals surface area contributed by atoms with Gasteiger partial charge in [0.05, 0.1) is 0 Å². The molecule has 0 saturated carbocycles. The highest BCUT2D eigenvalue weighted by molar-refractivity contribution is 5.88. The van der Waals surface area contributed by atoms with Gasteiger partial charge in [0, 0.05) is 6.54 Å². The SMILES string of the molecule is C=CCN(C(=O)C(F)(F)F)[C@H](C(=O)OCc1ccccc1)C(C)CC. The average Bonchev–Trinajstić information content (AvgIpc) is 2.58.